The highest BCUT2D eigenvalue weighted by Gasteiger charge is 2.13. The largest absolute Gasteiger partial charge is 0.508 e. The minimum Gasteiger partial charge on any atom is -0.508 e. The van der Waals surface area contributed by atoms with Gasteiger partial charge in [-0.3, -0.25) is 0 Å². The molecule has 6 nitrogen and oxygen atoms in total. The van der Waals surface area contributed by atoms with Gasteiger partial charge in [-0.1, -0.05) is 18.2 Å². The molecule has 126 valence electrons. The Balaban J connectivity index is 1.57. The Kier molecular flexibility index (Phi) is 3.15. The molecule has 3 heterocycles. The van der Waals surface area contributed by atoms with Gasteiger partial charge in [0.2, 0.25) is 0 Å². The Morgan fingerprint density at radius 3 is 2.69 bits per heavy atom. The number of para-hydroxylation sites is 1. The first-order chi connectivity index (χ1) is 12.8. The van der Waals surface area contributed by atoms with Crippen molar-refractivity contribution in [2.45, 2.75) is 0 Å². The second kappa shape index (κ2) is 5.63. The zero-order valence-corrected chi connectivity index (χ0v) is 13.6. The molecule has 3 aromatic heterocycles. The summed E-state index contributed by atoms with van der Waals surface area (Å²) in [5.41, 5.74) is 3.20. The number of aromatic hydroxyl groups is 1. The van der Waals surface area contributed by atoms with Gasteiger partial charge in [0.05, 0.1) is 11.8 Å². The quantitative estimate of drug-likeness (QED) is 0.469. The van der Waals surface area contributed by atoms with Gasteiger partial charge in [0.15, 0.2) is 5.65 Å². The third-order valence-electron chi connectivity index (χ3n) is 4.20. The van der Waals surface area contributed by atoms with Gasteiger partial charge < -0.3 is 14.8 Å². The predicted octanol–water partition coefficient (Wildman–Crippen LogP) is 4.59. The van der Waals surface area contributed by atoms with E-state index in [1.165, 1.54) is 0 Å². The lowest BCUT2D eigenvalue weighted by Gasteiger charge is -2.06. The third-order valence-corrected chi connectivity index (χ3v) is 4.20. The van der Waals surface area contributed by atoms with E-state index >= 15 is 0 Å². The average molecular weight is 342 g/mol. The Morgan fingerprint density at radius 2 is 1.85 bits per heavy atom. The monoisotopic (exact) mass is 342 g/mol. The molecule has 5 rings (SSSR count). The SMILES string of the molecule is Oc1ccc(Nc2ccn3ncc(-c4cc5ccccc5o4)c3n2)cc1. The van der Waals surface area contributed by atoms with E-state index in [0.29, 0.717) is 11.5 Å². The number of fused-ring (bicyclic) bond motifs is 2. The summed E-state index contributed by atoms with van der Waals surface area (Å²) in [7, 11) is 0. The third kappa shape index (κ3) is 2.44. The van der Waals surface area contributed by atoms with Crippen LogP contribution in [0.3, 0.4) is 0 Å². The van der Waals surface area contributed by atoms with Crippen LogP contribution in [0.5, 0.6) is 5.75 Å². The smallest absolute Gasteiger partial charge is 0.168 e. The fourth-order valence-electron chi connectivity index (χ4n) is 2.92. The van der Waals surface area contributed by atoms with Gasteiger partial charge in [-0.25, -0.2) is 9.50 Å². The molecular formula is C20H14N4O2. The predicted molar refractivity (Wildman–Crippen MR) is 99.6 cm³/mol. The normalized spacial score (nSPS) is 11.2. The fraction of sp³-hybridized carbons (Fsp3) is 0. The van der Waals surface area contributed by atoms with E-state index in [1.54, 1.807) is 35.0 Å². The Bertz CT molecular complexity index is 1190. The maximum atomic E-state index is 9.39. The molecule has 0 aliphatic heterocycles. The number of nitrogens with zero attached hydrogens (tertiary/aromatic N) is 3. The number of aromatic nitrogens is 3. The summed E-state index contributed by atoms with van der Waals surface area (Å²) in [4.78, 5) is 4.67. The Morgan fingerprint density at radius 1 is 1.00 bits per heavy atom. The molecule has 2 N–H and O–H groups in total. The molecule has 0 atom stereocenters. The average Bonchev–Trinajstić information content (AvgIpc) is 3.26. The lowest BCUT2D eigenvalue weighted by molar-refractivity contribution is 0.475. The summed E-state index contributed by atoms with van der Waals surface area (Å²) in [6, 6.07) is 18.5. The summed E-state index contributed by atoms with van der Waals surface area (Å²) >= 11 is 0. The first-order valence-electron chi connectivity index (χ1n) is 8.16. The van der Waals surface area contributed by atoms with Crippen LogP contribution in [0.4, 0.5) is 11.5 Å². The lowest BCUT2D eigenvalue weighted by Crippen LogP contribution is -1.97. The number of hydrogen-bond donors (Lipinski definition) is 2. The number of nitrogens with one attached hydrogen (secondary N) is 1. The summed E-state index contributed by atoms with van der Waals surface area (Å²) in [5, 5.41) is 18.0. The number of anilines is 2. The number of phenols is 1. The van der Waals surface area contributed by atoms with Crippen molar-refractivity contribution >= 4 is 28.1 Å². The van der Waals surface area contributed by atoms with Crippen LogP contribution in [-0.4, -0.2) is 19.7 Å². The van der Waals surface area contributed by atoms with E-state index in [0.717, 1.165) is 28.0 Å². The number of hydrogen-bond acceptors (Lipinski definition) is 5. The summed E-state index contributed by atoms with van der Waals surface area (Å²) in [6.45, 7) is 0. The van der Waals surface area contributed by atoms with Crippen LogP contribution in [0.2, 0.25) is 0 Å². The molecule has 6 heteroatoms. The van der Waals surface area contributed by atoms with Crippen LogP contribution in [0, 0.1) is 0 Å². The molecule has 0 saturated carbocycles. The molecule has 0 fully saturated rings. The standard InChI is InChI=1S/C20H14N4O2/c25-15-7-5-14(6-8-15)22-19-9-10-24-20(23-19)16(12-21-24)18-11-13-3-1-2-4-17(13)26-18/h1-12,25H,(H,22,23). The maximum Gasteiger partial charge on any atom is 0.168 e. The van der Waals surface area contributed by atoms with Gasteiger partial charge in [0, 0.05) is 17.3 Å². The highest BCUT2D eigenvalue weighted by molar-refractivity contribution is 5.86. The van der Waals surface area contributed by atoms with Crippen molar-refractivity contribution in [3.8, 4) is 17.1 Å². The van der Waals surface area contributed by atoms with Crippen LogP contribution in [0.25, 0.3) is 27.9 Å². The van der Waals surface area contributed by atoms with Gasteiger partial charge in [-0.2, -0.15) is 5.10 Å². The number of rotatable bonds is 3. The van der Waals surface area contributed by atoms with Crippen LogP contribution in [-0.2, 0) is 0 Å². The lowest BCUT2D eigenvalue weighted by atomic mass is 10.2. The van der Waals surface area contributed by atoms with E-state index in [1.807, 2.05) is 42.6 Å². The van der Waals surface area contributed by atoms with Crippen molar-refractivity contribution in [2.24, 2.45) is 0 Å². The van der Waals surface area contributed by atoms with Crippen LogP contribution < -0.4 is 5.32 Å². The molecule has 26 heavy (non-hydrogen) atoms. The van der Waals surface area contributed by atoms with Gasteiger partial charge >= 0.3 is 0 Å². The van der Waals surface area contributed by atoms with Gasteiger partial charge in [0.1, 0.15) is 22.9 Å². The molecule has 0 radical (unpaired) electrons. The van der Waals surface area contributed by atoms with Crippen molar-refractivity contribution in [2.75, 3.05) is 5.32 Å². The van der Waals surface area contributed by atoms with Crippen LogP contribution >= 0.6 is 0 Å². The second-order valence-electron chi connectivity index (χ2n) is 5.96. The molecule has 0 bridgehead atoms. The zero-order chi connectivity index (χ0) is 17.5. The van der Waals surface area contributed by atoms with Gasteiger partial charge in [-0.05, 0) is 42.5 Å². The van der Waals surface area contributed by atoms with Crippen molar-refractivity contribution in [3.63, 3.8) is 0 Å². The molecule has 0 aliphatic carbocycles. The minimum atomic E-state index is 0.224. The number of furan rings is 1. The van der Waals surface area contributed by atoms with Crippen LogP contribution in [0.1, 0.15) is 0 Å². The van der Waals surface area contributed by atoms with Gasteiger partial charge in [0.25, 0.3) is 0 Å². The number of phenolic OH excluding ortho intramolecular Hbond substituents is 1. The molecule has 0 saturated heterocycles. The van der Waals surface area contributed by atoms with E-state index < -0.39 is 0 Å². The van der Waals surface area contributed by atoms with Crippen LogP contribution in [0.15, 0.2) is 77.5 Å². The minimum absolute atomic E-state index is 0.224. The van der Waals surface area contributed by atoms with Crippen molar-refractivity contribution in [1.29, 1.82) is 0 Å². The first kappa shape index (κ1) is 14.5. The molecule has 0 amide bonds. The first-order valence-corrected chi connectivity index (χ1v) is 8.16. The molecule has 0 aliphatic rings. The van der Waals surface area contributed by atoms with E-state index in [9.17, 15) is 5.11 Å². The Hall–Kier alpha value is -3.80. The van der Waals surface area contributed by atoms with Crippen molar-refractivity contribution in [3.05, 3.63) is 73.1 Å². The topological polar surface area (TPSA) is 75.6 Å². The molecule has 0 spiro atoms. The van der Waals surface area contributed by atoms with Crippen molar-refractivity contribution < 1.29 is 9.52 Å². The summed E-state index contributed by atoms with van der Waals surface area (Å²) in [5.74, 6) is 1.64. The molecule has 2 aromatic carbocycles. The highest BCUT2D eigenvalue weighted by atomic mass is 16.3. The van der Waals surface area contributed by atoms with Crippen molar-refractivity contribution in [1.82, 2.24) is 14.6 Å². The van der Waals surface area contributed by atoms with Gasteiger partial charge in [-0.15, -0.1) is 0 Å². The van der Waals surface area contributed by atoms with E-state index in [-0.39, 0.29) is 5.75 Å². The Labute approximate surface area is 148 Å². The maximum absolute atomic E-state index is 9.39. The highest BCUT2D eigenvalue weighted by Crippen LogP contribution is 2.30. The summed E-state index contributed by atoms with van der Waals surface area (Å²) < 4.78 is 7.66. The fourth-order valence-corrected chi connectivity index (χ4v) is 2.92. The van der Waals surface area contributed by atoms with E-state index in [2.05, 4.69) is 15.4 Å². The summed E-state index contributed by atoms with van der Waals surface area (Å²) in [6.07, 6.45) is 3.60. The second-order valence-corrected chi connectivity index (χ2v) is 5.96. The number of benzene rings is 2. The van der Waals surface area contributed by atoms with E-state index in [4.69, 9.17) is 4.42 Å². The molecular weight excluding hydrogens is 328 g/mol. The zero-order valence-electron chi connectivity index (χ0n) is 13.6. The molecule has 0 unspecified atom stereocenters. The molecule has 5 aromatic rings.